The van der Waals surface area contributed by atoms with E-state index in [2.05, 4.69) is 4.98 Å². The van der Waals surface area contributed by atoms with Gasteiger partial charge in [-0.15, -0.1) is 0 Å². The minimum absolute atomic E-state index is 0.0151. The van der Waals surface area contributed by atoms with Crippen LogP contribution in [-0.4, -0.2) is 9.55 Å². The highest BCUT2D eigenvalue weighted by molar-refractivity contribution is 5.78. The fourth-order valence-corrected chi connectivity index (χ4v) is 1.26. The Morgan fingerprint density at radius 2 is 2.38 bits per heavy atom. The topological polar surface area (TPSA) is 41.6 Å². The normalized spacial score (nSPS) is 10.2. The van der Waals surface area contributed by atoms with Crippen LogP contribution in [0.1, 0.15) is 5.56 Å². The minimum Gasteiger partial charge on any atom is -0.335 e. The predicted molar refractivity (Wildman–Crippen MR) is 45.4 cm³/mol. The van der Waals surface area contributed by atoms with Gasteiger partial charge >= 0.3 is 0 Å². The Morgan fingerprint density at radius 1 is 1.62 bits per heavy atom. The highest BCUT2D eigenvalue weighted by Gasteiger charge is 2.09. The Hall–Kier alpha value is -1.89. The number of nitrogens with zero attached hydrogens (tertiary/aromatic N) is 3. The lowest BCUT2D eigenvalue weighted by Crippen LogP contribution is -1.91. The molecule has 13 heavy (non-hydrogen) atoms. The maximum Gasteiger partial charge on any atom is 0.153 e. The average molecular weight is 175 g/mol. The predicted octanol–water partition coefficient (Wildman–Crippen LogP) is 1.58. The summed E-state index contributed by atoms with van der Waals surface area (Å²) in [5, 5.41) is 8.94. The lowest BCUT2D eigenvalue weighted by molar-refractivity contribution is 0.634. The zero-order valence-electron chi connectivity index (χ0n) is 6.95. The monoisotopic (exact) mass is 175 g/mol. The van der Waals surface area contributed by atoms with Gasteiger partial charge in [-0.1, -0.05) is 0 Å². The van der Waals surface area contributed by atoms with Crippen molar-refractivity contribution < 1.29 is 4.39 Å². The van der Waals surface area contributed by atoms with Crippen LogP contribution in [0.5, 0.6) is 0 Å². The Balaban J connectivity index is 2.90. The van der Waals surface area contributed by atoms with E-state index in [9.17, 15) is 4.39 Å². The third-order valence-corrected chi connectivity index (χ3v) is 1.95. The molecule has 0 amide bonds. The number of fused-ring (bicyclic) bond motifs is 1. The molecule has 0 unspecified atom stereocenters. The highest BCUT2D eigenvalue weighted by Crippen LogP contribution is 2.18. The molecule has 0 aliphatic rings. The van der Waals surface area contributed by atoms with E-state index in [1.807, 2.05) is 0 Å². The minimum atomic E-state index is -0.492. The molecule has 2 aromatic rings. The number of rotatable bonds is 0. The lowest BCUT2D eigenvalue weighted by Gasteiger charge is -1.96. The summed E-state index contributed by atoms with van der Waals surface area (Å²) in [5.74, 6) is -0.492. The Kier molecular flexibility index (Phi) is 1.52. The van der Waals surface area contributed by atoms with Crippen molar-refractivity contribution in [2.24, 2.45) is 7.05 Å². The van der Waals surface area contributed by atoms with Crippen LogP contribution in [0.2, 0.25) is 0 Å². The third kappa shape index (κ3) is 0.975. The molecule has 2 rings (SSSR count). The van der Waals surface area contributed by atoms with Crippen molar-refractivity contribution >= 4 is 11.0 Å². The van der Waals surface area contributed by atoms with E-state index in [1.54, 1.807) is 29.9 Å². The fraction of sp³-hybridized carbons (Fsp3) is 0.111. The van der Waals surface area contributed by atoms with E-state index in [4.69, 9.17) is 5.26 Å². The van der Waals surface area contributed by atoms with Crippen molar-refractivity contribution in [3.8, 4) is 6.07 Å². The van der Waals surface area contributed by atoms with Gasteiger partial charge in [-0.3, -0.25) is 0 Å². The van der Waals surface area contributed by atoms with Crippen LogP contribution in [0.15, 0.2) is 18.5 Å². The van der Waals surface area contributed by atoms with E-state index in [-0.39, 0.29) is 5.56 Å². The number of nitriles is 1. The molecule has 0 aliphatic carbocycles. The first-order chi connectivity index (χ1) is 6.24. The first-order valence-electron chi connectivity index (χ1n) is 3.73. The zero-order valence-corrected chi connectivity index (χ0v) is 6.95. The quantitative estimate of drug-likeness (QED) is 0.610. The van der Waals surface area contributed by atoms with Crippen LogP contribution in [0.25, 0.3) is 11.0 Å². The standard InChI is InChI=1S/C9H6FN3/c1-13-3-2-7-8(10)6(4-11)5-12-9(7)13/h2-3,5H,1H3. The molecule has 0 aromatic carbocycles. The van der Waals surface area contributed by atoms with Crippen molar-refractivity contribution in [1.29, 1.82) is 5.26 Å². The van der Waals surface area contributed by atoms with Crippen molar-refractivity contribution in [2.75, 3.05) is 0 Å². The van der Waals surface area contributed by atoms with Crippen LogP contribution in [0.4, 0.5) is 4.39 Å². The van der Waals surface area contributed by atoms with Crippen molar-refractivity contribution in [1.82, 2.24) is 9.55 Å². The van der Waals surface area contributed by atoms with Gasteiger partial charge in [0.05, 0.1) is 11.6 Å². The van der Waals surface area contributed by atoms with Gasteiger partial charge in [0.1, 0.15) is 17.3 Å². The number of aromatic nitrogens is 2. The first-order valence-corrected chi connectivity index (χ1v) is 3.73. The fourth-order valence-electron chi connectivity index (χ4n) is 1.26. The molecule has 0 spiro atoms. The Morgan fingerprint density at radius 3 is 3.08 bits per heavy atom. The molecule has 2 heterocycles. The Bertz CT molecular complexity index is 507. The zero-order chi connectivity index (χ0) is 9.42. The highest BCUT2D eigenvalue weighted by atomic mass is 19.1. The van der Waals surface area contributed by atoms with E-state index < -0.39 is 5.82 Å². The van der Waals surface area contributed by atoms with E-state index in [0.29, 0.717) is 11.0 Å². The van der Waals surface area contributed by atoms with Crippen molar-refractivity contribution in [3.63, 3.8) is 0 Å². The van der Waals surface area contributed by atoms with E-state index in [1.165, 1.54) is 6.20 Å². The summed E-state index contributed by atoms with van der Waals surface area (Å²) in [6.45, 7) is 0. The summed E-state index contributed by atoms with van der Waals surface area (Å²) in [6, 6.07) is 3.36. The molecule has 0 bridgehead atoms. The van der Waals surface area contributed by atoms with Crippen LogP contribution < -0.4 is 0 Å². The smallest absolute Gasteiger partial charge is 0.153 e. The second-order valence-electron chi connectivity index (χ2n) is 2.76. The molecular weight excluding hydrogens is 169 g/mol. The van der Waals surface area contributed by atoms with E-state index >= 15 is 0 Å². The van der Waals surface area contributed by atoms with Gasteiger partial charge in [0.2, 0.25) is 0 Å². The molecule has 0 saturated carbocycles. The molecule has 3 nitrogen and oxygen atoms in total. The lowest BCUT2D eigenvalue weighted by atomic mass is 10.2. The second-order valence-corrected chi connectivity index (χ2v) is 2.76. The van der Waals surface area contributed by atoms with Gasteiger partial charge in [0.25, 0.3) is 0 Å². The summed E-state index contributed by atoms with van der Waals surface area (Å²) in [4.78, 5) is 3.97. The van der Waals surface area contributed by atoms with Gasteiger partial charge in [0.15, 0.2) is 5.82 Å². The number of aryl methyl sites for hydroxylation is 1. The van der Waals surface area contributed by atoms with Crippen molar-refractivity contribution in [3.05, 3.63) is 29.8 Å². The Labute approximate surface area is 74.0 Å². The largest absolute Gasteiger partial charge is 0.335 e. The van der Waals surface area contributed by atoms with Gasteiger partial charge in [-0.25, -0.2) is 9.37 Å². The molecule has 0 saturated heterocycles. The summed E-state index contributed by atoms with van der Waals surface area (Å²) in [7, 11) is 1.78. The molecule has 0 radical (unpaired) electrons. The molecule has 64 valence electrons. The first kappa shape index (κ1) is 7.74. The second kappa shape index (κ2) is 2.56. The molecule has 0 fully saturated rings. The van der Waals surface area contributed by atoms with Crippen LogP contribution in [-0.2, 0) is 7.05 Å². The molecule has 2 aromatic heterocycles. The van der Waals surface area contributed by atoms with Gasteiger partial charge < -0.3 is 4.57 Å². The summed E-state index contributed by atoms with van der Waals surface area (Å²) in [5.41, 5.74) is 0.537. The maximum absolute atomic E-state index is 13.4. The summed E-state index contributed by atoms with van der Waals surface area (Å²) >= 11 is 0. The van der Waals surface area contributed by atoms with Crippen LogP contribution in [0.3, 0.4) is 0 Å². The van der Waals surface area contributed by atoms with Crippen LogP contribution in [0, 0.1) is 17.1 Å². The van der Waals surface area contributed by atoms with Gasteiger partial charge in [-0.2, -0.15) is 5.26 Å². The SMILES string of the molecule is Cn1ccc2c(F)c(C#N)cnc21. The van der Waals surface area contributed by atoms with E-state index in [0.717, 1.165) is 0 Å². The average Bonchev–Trinajstić information content (AvgIpc) is 2.50. The third-order valence-electron chi connectivity index (χ3n) is 1.95. The molecular formula is C9H6FN3. The molecule has 0 N–H and O–H groups in total. The number of hydrogen-bond donors (Lipinski definition) is 0. The maximum atomic E-state index is 13.4. The van der Waals surface area contributed by atoms with Crippen molar-refractivity contribution in [2.45, 2.75) is 0 Å². The summed E-state index contributed by atoms with van der Waals surface area (Å²) < 4.78 is 15.1. The summed E-state index contributed by atoms with van der Waals surface area (Å²) in [6.07, 6.45) is 2.96. The number of pyridine rings is 1. The molecule has 0 aliphatic heterocycles. The van der Waals surface area contributed by atoms with Crippen LogP contribution >= 0.6 is 0 Å². The molecule has 0 atom stereocenters. The molecule has 4 heteroatoms. The number of hydrogen-bond acceptors (Lipinski definition) is 2. The van der Waals surface area contributed by atoms with Gasteiger partial charge in [0, 0.05) is 13.2 Å². The number of halogens is 1. The van der Waals surface area contributed by atoms with Gasteiger partial charge in [-0.05, 0) is 6.07 Å².